The summed E-state index contributed by atoms with van der Waals surface area (Å²) in [4.78, 5) is 42.0. The Labute approximate surface area is 252 Å². The van der Waals surface area contributed by atoms with Crippen molar-refractivity contribution in [2.75, 3.05) is 7.11 Å². The molecule has 42 heavy (non-hydrogen) atoms. The molecular weight excluding hydrogens is 569 g/mol. The smallest absolute Gasteiger partial charge is 0.355 e. The zero-order valence-electron chi connectivity index (χ0n) is 24.6. The van der Waals surface area contributed by atoms with Crippen LogP contribution >= 0.6 is 11.8 Å². The maximum Gasteiger partial charge on any atom is 0.355 e. The quantitative estimate of drug-likeness (QED) is 0.249. The second kappa shape index (κ2) is 11.2. The Bertz CT molecular complexity index is 1410. The molecule has 0 aromatic heterocycles. The molecule has 2 saturated carbocycles. The lowest BCUT2D eigenvalue weighted by Gasteiger charge is -2.66. The Morgan fingerprint density at radius 3 is 2.48 bits per heavy atom. The van der Waals surface area contributed by atoms with Gasteiger partial charge >= 0.3 is 5.97 Å². The predicted molar refractivity (Wildman–Crippen MR) is 163 cm³/mol. The molecule has 8 nitrogen and oxygen atoms in total. The first-order chi connectivity index (χ1) is 20.1. The fourth-order valence-electron chi connectivity index (χ4n) is 6.89. The molecule has 222 valence electrons. The van der Waals surface area contributed by atoms with Crippen LogP contribution in [0.15, 0.2) is 65.9 Å². The fourth-order valence-corrected chi connectivity index (χ4v) is 10.4. The summed E-state index contributed by atoms with van der Waals surface area (Å²) in [7, 11) is -0.329. The minimum absolute atomic E-state index is 0.0547. The molecule has 3 fully saturated rings. The number of hydrogen-bond acceptors (Lipinski definition) is 7. The highest BCUT2D eigenvalue weighted by atomic mass is 32.2. The number of ether oxygens (including phenoxy) is 2. The third kappa shape index (κ3) is 5.18. The number of hydrogen-bond donors (Lipinski definition) is 1. The maximum atomic E-state index is 13.8. The molecule has 2 aliphatic heterocycles. The Kier molecular flexibility index (Phi) is 7.74. The molecular formula is C32H38N2O6SSi. The number of benzene rings is 2. The van der Waals surface area contributed by atoms with Crippen LogP contribution in [-0.2, 0) is 36.6 Å². The summed E-state index contributed by atoms with van der Waals surface area (Å²) >= 11 is 1.66. The Morgan fingerprint density at radius 2 is 1.79 bits per heavy atom. The van der Waals surface area contributed by atoms with Crippen LogP contribution in [0.3, 0.4) is 0 Å². The number of carbonyl (C=O) groups excluding carboxylic acids is 3. The minimum atomic E-state index is -1.93. The first-order valence-electron chi connectivity index (χ1n) is 14.7. The average Bonchev–Trinajstić information content (AvgIpc) is 2.97. The van der Waals surface area contributed by atoms with Gasteiger partial charge in [0.1, 0.15) is 29.5 Å². The van der Waals surface area contributed by atoms with Gasteiger partial charge in [-0.05, 0) is 61.3 Å². The van der Waals surface area contributed by atoms with Crippen LogP contribution in [0, 0.1) is 5.92 Å². The lowest BCUT2D eigenvalue weighted by atomic mass is 9.57. The van der Waals surface area contributed by atoms with Gasteiger partial charge in [-0.2, -0.15) is 0 Å². The summed E-state index contributed by atoms with van der Waals surface area (Å²) in [5.74, 6) is -0.168. The van der Waals surface area contributed by atoms with E-state index in [1.54, 1.807) is 23.8 Å². The highest BCUT2D eigenvalue weighted by molar-refractivity contribution is 8.01. The van der Waals surface area contributed by atoms with E-state index < -0.39 is 20.3 Å². The number of nitrogens with zero attached hydrogens (tertiary/aromatic N) is 1. The largest absolute Gasteiger partial charge is 0.497 e. The number of nitrogens with one attached hydrogen (secondary N) is 1. The van der Waals surface area contributed by atoms with Crippen LogP contribution in [0.25, 0.3) is 0 Å². The standard InChI is InChI=1S/C32H38N2O6SSi/c1-38-22-15-13-21(14-16-22)19-39-31(37)27-25-23-12-8-9-17-32(23,40-42(2,3)4)28(25)41-30-26(29(36)34(27)30)33-24(35)18-20-10-6-5-7-11-20/h5-7,10-11,13-16,23,26,28,30H,8-9,12,17-19H2,1-4H3,(H,33,35)/t23?,26-,28?,30-,32?/m1/s1. The van der Waals surface area contributed by atoms with Crippen molar-refractivity contribution in [3.63, 3.8) is 0 Å². The summed E-state index contributed by atoms with van der Waals surface area (Å²) in [6.45, 7) is 6.71. The molecule has 2 aliphatic carbocycles. The van der Waals surface area contributed by atoms with Gasteiger partial charge in [0.05, 0.1) is 24.4 Å². The molecule has 0 bridgehead atoms. The molecule has 0 spiro atoms. The summed E-state index contributed by atoms with van der Waals surface area (Å²) < 4.78 is 18.0. The van der Waals surface area contributed by atoms with E-state index >= 15 is 0 Å². The lowest BCUT2D eigenvalue weighted by molar-refractivity contribution is -0.155. The van der Waals surface area contributed by atoms with Crippen LogP contribution in [0.5, 0.6) is 5.75 Å². The van der Waals surface area contributed by atoms with Gasteiger partial charge in [-0.25, -0.2) is 4.79 Å². The predicted octanol–water partition coefficient (Wildman–Crippen LogP) is 4.80. The molecule has 2 heterocycles. The average molecular weight is 607 g/mol. The van der Waals surface area contributed by atoms with Gasteiger partial charge in [0.15, 0.2) is 8.32 Å². The lowest BCUT2D eigenvalue weighted by Crippen LogP contribution is -2.76. The van der Waals surface area contributed by atoms with E-state index in [-0.39, 0.29) is 47.0 Å². The Morgan fingerprint density at radius 1 is 1.05 bits per heavy atom. The number of carbonyl (C=O) groups is 3. The first-order valence-corrected chi connectivity index (χ1v) is 19.0. The molecule has 6 rings (SSSR count). The van der Waals surface area contributed by atoms with Crippen LogP contribution in [-0.4, -0.2) is 60.4 Å². The monoisotopic (exact) mass is 606 g/mol. The third-order valence-corrected chi connectivity index (χ3v) is 11.3. The topological polar surface area (TPSA) is 94.2 Å². The van der Waals surface area contributed by atoms with E-state index in [9.17, 15) is 14.4 Å². The zero-order chi connectivity index (χ0) is 29.6. The van der Waals surface area contributed by atoms with E-state index in [1.165, 1.54) is 0 Å². The second-order valence-electron chi connectivity index (χ2n) is 12.5. The van der Waals surface area contributed by atoms with Gasteiger partial charge in [-0.15, -0.1) is 11.8 Å². The van der Waals surface area contributed by atoms with E-state index in [1.807, 2.05) is 54.6 Å². The Balaban J connectivity index is 1.28. The normalized spacial score (nSPS) is 28.0. The van der Waals surface area contributed by atoms with Crippen molar-refractivity contribution in [2.45, 2.75) is 80.6 Å². The molecule has 0 radical (unpaired) electrons. The van der Waals surface area contributed by atoms with E-state index in [2.05, 4.69) is 25.0 Å². The SMILES string of the molecule is COc1ccc(COC(=O)C2=C3C4CCCCC4(O[Si](C)(C)C)C3S[C@@H]3[C@H](NC(=O)Cc4ccccc4)C(=O)N23)cc1. The molecule has 2 aromatic carbocycles. The number of thioether (sulfide) groups is 1. The summed E-state index contributed by atoms with van der Waals surface area (Å²) in [6.07, 6.45) is 4.19. The molecule has 1 saturated heterocycles. The van der Waals surface area contributed by atoms with Crippen molar-refractivity contribution >= 4 is 37.9 Å². The highest BCUT2D eigenvalue weighted by Gasteiger charge is 2.69. The summed E-state index contributed by atoms with van der Waals surface area (Å²) in [6, 6.07) is 16.1. The van der Waals surface area contributed by atoms with Crippen LogP contribution < -0.4 is 10.1 Å². The molecule has 2 amide bonds. The number of rotatable bonds is 9. The molecule has 5 atom stereocenters. The number of fused-ring (bicyclic) bond motifs is 5. The van der Waals surface area contributed by atoms with Crippen molar-refractivity contribution < 1.29 is 28.3 Å². The van der Waals surface area contributed by atoms with Gasteiger partial charge in [0.25, 0.3) is 5.91 Å². The number of β-lactam (4-membered cyclic amide) rings is 1. The van der Waals surface area contributed by atoms with E-state index in [0.29, 0.717) is 5.70 Å². The fraction of sp³-hybridized carbons (Fsp3) is 0.469. The van der Waals surface area contributed by atoms with Gasteiger partial charge < -0.3 is 19.2 Å². The van der Waals surface area contributed by atoms with E-state index in [4.69, 9.17) is 13.9 Å². The first kappa shape index (κ1) is 29.0. The Hall–Kier alpha value is -3.08. The van der Waals surface area contributed by atoms with Gasteiger partial charge in [-0.3, -0.25) is 14.5 Å². The molecule has 2 aromatic rings. The van der Waals surface area contributed by atoms with Crippen LogP contribution in [0.2, 0.25) is 19.6 Å². The number of amides is 2. The molecule has 10 heteroatoms. The highest BCUT2D eigenvalue weighted by Crippen LogP contribution is 2.65. The maximum absolute atomic E-state index is 13.8. The van der Waals surface area contributed by atoms with E-state index in [0.717, 1.165) is 48.1 Å². The molecule has 3 unspecified atom stereocenters. The molecule has 1 N–H and O–H groups in total. The minimum Gasteiger partial charge on any atom is -0.497 e. The number of methoxy groups -OCH3 is 1. The van der Waals surface area contributed by atoms with Crippen molar-refractivity contribution in [3.05, 3.63) is 77.0 Å². The third-order valence-electron chi connectivity index (χ3n) is 8.58. The second-order valence-corrected chi connectivity index (χ2v) is 18.2. The van der Waals surface area contributed by atoms with Gasteiger partial charge in [0, 0.05) is 5.92 Å². The summed E-state index contributed by atoms with van der Waals surface area (Å²) in [5, 5.41) is 2.52. The van der Waals surface area contributed by atoms with Crippen molar-refractivity contribution in [2.24, 2.45) is 5.92 Å². The van der Waals surface area contributed by atoms with Crippen LogP contribution in [0.1, 0.15) is 36.8 Å². The van der Waals surface area contributed by atoms with Crippen molar-refractivity contribution in [1.29, 1.82) is 0 Å². The van der Waals surface area contributed by atoms with Crippen LogP contribution in [0.4, 0.5) is 0 Å². The van der Waals surface area contributed by atoms with Gasteiger partial charge in [-0.1, -0.05) is 55.3 Å². The van der Waals surface area contributed by atoms with Gasteiger partial charge in [0.2, 0.25) is 5.91 Å². The molecule has 4 aliphatic rings. The summed E-state index contributed by atoms with van der Waals surface area (Å²) in [5.41, 5.74) is 2.70. The van der Waals surface area contributed by atoms with Crippen molar-refractivity contribution in [1.82, 2.24) is 10.2 Å². The number of esters is 1. The zero-order valence-corrected chi connectivity index (χ0v) is 26.4. The van der Waals surface area contributed by atoms with Crippen molar-refractivity contribution in [3.8, 4) is 5.75 Å².